The van der Waals surface area contributed by atoms with Crippen LogP contribution in [0.15, 0.2) is 60.7 Å². The van der Waals surface area contributed by atoms with Crippen LogP contribution in [-0.4, -0.2) is 47.5 Å². The molecule has 0 amide bonds. The summed E-state index contributed by atoms with van der Waals surface area (Å²) >= 11 is 6.56. The molecular weight excluding hydrogens is 493 g/mol. The molecule has 37 heavy (non-hydrogen) atoms. The predicted molar refractivity (Wildman–Crippen MR) is 144 cm³/mol. The Balaban J connectivity index is 1.40. The van der Waals surface area contributed by atoms with Crippen molar-refractivity contribution in [3.05, 3.63) is 82.4 Å². The van der Waals surface area contributed by atoms with E-state index in [9.17, 15) is 14.6 Å². The molecule has 7 heteroatoms. The number of benzene rings is 3. The maximum atomic E-state index is 13.0. The van der Waals surface area contributed by atoms with E-state index in [4.69, 9.17) is 21.1 Å². The van der Waals surface area contributed by atoms with Crippen LogP contribution in [0.25, 0.3) is 11.1 Å². The SMILES string of the molecule is CC1=C(c2ccc(O)cc2Cl)C(c2ccc(OC[C@H](C)N3CC[C@@H](CF)C3)cc2)Oc2ccc(O)cc21. The Bertz CT molecular complexity index is 1310. The van der Waals surface area contributed by atoms with Gasteiger partial charge < -0.3 is 19.7 Å². The van der Waals surface area contributed by atoms with E-state index < -0.39 is 6.10 Å². The molecule has 3 aromatic carbocycles. The van der Waals surface area contributed by atoms with Crippen LogP contribution in [-0.2, 0) is 0 Å². The van der Waals surface area contributed by atoms with Crippen molar-refractivity contribution in [2.75, 3.05) is 26.4 Å². The van der Waals surface area contributed by atoms with Crippen molar-refractivity contribution in [2.45, 2.75) is 32.4 Å². The number of nitrogens with zero attached hydrogens (tertiary/aromatic N) is 1. The van der Waals surface area contributed by atoms with E-state index in [1.807, 2.05) is 31.2 Å². The maximum absolute atomic E-state index is 13.0. The highest BCUT2D eigenvalue weighted by Crippen LogP contribution is 2.49. The molecule has 0 aliphatic carbocycles. The molecule has 0 aromatic heterocycles. The number of allylic oxidation sites excluding steroid dienone is 1. The molecule has 5 nitrogen and oxygen atoms in total. The number of halogens is 2. The van der Waals surface area contributed by atoms with E-state index in [1.54, 1.807) is 30.3 Å². The van der Waals surface area contributed by atoms with E-state index in [2.05, 4.69) is 11.8 Å². The highest BCUT2D eigenvalue weighted by atomic mass is 35.5. The lowest BCUT2D eigenvalue weighted by atomic mass is 9.86. The van der Waals surface area contributed by atoms with Crippen LogP contribution in [0, 0.1) is 5.92 Å². The minimum absolute atomic E-state index is 0.0863. The van der Waals surface area contributed by atoms with Gasteiger partial charge in [-0.3, -0.25) is 9.29 Å². The topological polar surface area (TPSA) is 62.2 Å². The molecule has 0 spiro atoms. The van der Waals surface area contributed by atoms with Gasteiger partial charge in [0.05, 0.1) is 11.7 Å². The third-order valence-electron chi connectivity index (χ3n) is 7.35. The highest BCUT2D eigenvalue weighted by molar-refractivity contribution is 6.33. The zero-order valence-electron chi connectivity index (χ0n) is 21.0. The molecule has 5 rings (SSSR count). The summed E-state index contributed by atoms with van der Waals surface area (Å²) in [6, 6.07) is 18.0. The van der Waals surface area contributed by atoms with Crippen LogP contribution in [0.1, 0.15) is 43.1 Å². The van der Waals surface area contributed by atoms with Crippen molar-refractivity contribution < 1.29 is 24.1 Å². The maximum Gasteiger partial charge on any atom is 0.150 e. The van der Waals surface area contributed by atoms with Gasteiger partial charge in [-0.2, -0.15) is 0 Å². The molecule has 194 valence electrons. The van der Waals surface area contributed by atoms with Crippen LogP contribution in [0.4, 0.5) is 4.39 Å². The molecule has 0 radical (unpaired) electrons. The molecule has 2 aliphatic heterocycles. The fourth-order valence-corrected chi connectivity index (χ4v) is 5.47. The van der Waals surface area contributed by atoms with Gasteiger partial charge in [0.1, 0.15) is 35.7 Å². The second-order valence-electron chi connectivity index (χ2n) is 9.91. The van der Waals surface area contributed by atoms with E-state index in [-0.39, 0.29) is 30.1 Å². The van der Waals surface area contributed by atoms with E-state index in [1.165, 1.54) is 6.07 Å². The van der Waals surface area contributed by atoms with Gasteiger partial charge in [-0.25, -0.2) is 0 Å². The van der Waals surface area contributed by atoms with Gasteiger partial charge in [-0.05, 0) is 86.5 Å². The van der Waals surface area contributed by atoms with Gasteiger partial charge in [0.25, 0.3) is 0 Å². The number of rotatable bonds is 7. The third kappa shape index (κ3) is 5.27. The Morgan fingerprint density at radius 1 is 1.05 bits per heavy atom. The molecule has 1 saturated heterocycles. The second-order valence-corrected chi connectivity index (χ2v) is 10.3. The van der Waals surface area contributed by atoms with E-state index in [0.29, 0.717) is 17.4 Å². The highest BCUT2D eigenvalue weighted by Gasteiger charge is 2.31. The first-order valence-electron chi connectivity index (χ1n) is 12.6. The fourth-order valence-electron chi connectivity index (χ4n) is 5.19. The van der Waals surface area contributed by atoms with Crippen molar-refractivity contribution in [1.29, 1.82) is 0 Å². The number of hydrogen-bond donors (Lipinski definition) is 2. The lowest BCUT2D eigenvalue weighted by molar-refractivity contribution is 0.165. The molecule has 0 bridgehead atoms. The van der Waals surface area contributed by atoms with Crippen LogP contribution >= 0.6 is 11.6 Å². The van der Waals surface area contributed by atoms with Crippen molar-refractivity contribution >= 4 is 22.7 Å². The largest absolute Gasteiger partial charge is 0.508 e. The molecule has 2 aliphatic rings. The standard InChI is InChI=1S/C30H31ClFNO4/c1-18(33-12-11-20(15-32)16-33)17-36-24-7-3-21(4-8-24)30-29(25-9-5-23(35)14-27(25)31)19(2)26-13-22(34)6-10-28(26)37-30/h3-10,13-14,18,20,30,34-35H,11-12,15-17H2,1-2H3/t18-,20-,30?/m0/s1. The molecule has 1 unspecified atom stereocenters. The second kappa shape index (κ2) is 10.6. The summed E-state index contributed by atoms with van der Waals surface area (Å²) in [4.78, 5) is 2.28. The third-order valence-corrected chi connectivity index (χ3v) is 7.67. The number of fused-ring (bicyclic) bond motifs is 1. The first kappa shape index (κ1) is 25.4. The number of likely N-dealkylation sites (tertiary alicyclic amines) is 1. The van der Waals surface area contributed by atoms with Crippen LogP contribution in [0.5, 0.6) is 23.0 Å². The summed E-state index contributed by atoms with van der Waals surface area (Å²) in [5.41, 5.74) is 4.26. The lowest BCUT2D eigenvalue weighted by Gasteiger charge is -2.31. The summed E-state index contributed by atoms with van der Waals surface area (Å²) in [5.74, 6) is 1.80. The average Bonchev–Trinajstić information content (AvgIpc) is 3.38. The number of alkyl halides is 1. The first-order valence-corrected chi connectivity index (χ1v) is 12.9. The Labute approximate surface area is 221 Å². The van der Waals surface area contributed by atoms with Gasteiger partial charge in [-0.15, -0.1) is 0 Å². The summed E-state index contributed by atoms with van der Waals surface area (Å²) in [6.07, 6.45) is 0.453. The first-order chi connectivity index (χ1) is 17.8. The molecule has 1 fully saturated rings. The van der Waals surface area contributed by atoms with E-state index >= 15 is 0 Å². The Morgan fingerprint density at radius 2 is 1.78 bits per heavy atom. The zero-order valence-corrected chi connectivity index (χ0v) is 21.7. The molecule has 2 heterocycles. The van der Waals surface area contributed by atoms with Crippen molar-refractivity contribution in [1.82, 2.24) is 4.90 Å². The summed E-state index contributed by atoms with van der Waals surface area (Å²) in [6.45, 7) is 6.06. The monoisotopic (exact) mass is 523 g/mol. The van der Waals surface area contributed by atoms with Gasteiger partial charge in [0.2, 0.25) is 0 Å². The Morgan fingerprint density at radius 3 is 2.49 bits per heavy atom. The smallest absolute Gasteiger partial charge is 0.150 e. The number of aromatic hydroxyl groups is 2. The number of ether oxygens (including phenoxy) is 2. The molecule has 2 N–H and O–H groups in total. The summed E-state index contributed by atoms with van der Waals surface area (Å²) < 4.78 is 25.5. The quantitative estimate of drug-likeness (QED) is 0.353. The normalized spacial score (nSPS) is 20.4. The van der Waals surface area contributed by atoms with Crippen LogP contribution in [0.2, 0.25) is 5.02 Å². The van der Waals surface area contributed by atoms with Gasteiger partial charge >= 0.3 is 0 Å². The van der Waals surface area contributed by atoms with Crippen molar-refractivity contribution in [3.63, 3.8) is 0 Å². The number of phenolic OH excluding ortho intramolecular Hbond substituents is 2. The van der Waals surface area contributed by atoms with Crippen LogP contribution in [0.3, 0.4) is 0 Å². The number of phenols is 2. The fraction of sp³-hybridized carbons (Fsp3) is 0.333. The van der Waals surface area contributed by atoms with Gasteiger partial charge in [-0.1, -0.05) is 23.7 Å². The average molecular weight is 524 g/mol. The summed E-state index contributed by atoms with van der Waals surface area (Å²) in [7, 11) is 0. The Kier molecular flexibility index (Phi) is 7.31. The molecule has 3 aromatic rings. The van der Waals surface area contributed by atoms with Crippen molar-refractivity contribution in [3.8, 4) is 23.0 Å². The number of hydrogen-bond acceptors (Lipinski definition) is 5. The molecule has 0 saturated carbocycles. The predicted octanol–water partition coefficient (Wildman–Crippen LogP) is 6.87. The van der Waals surface area contributed by atoms with E-state index in [0.717, 1.165) is 53.1 Å². The lowest BCUT2D eigenvalue weighted by Crippen LogP contribution is -2.35. The molecule has 3 atom stereocenters. The zero-order chi connectivity index (χ0) is 26.1. The summed E-state index contributed by atoms with van der Waals surface area (Å²) in [5, 5.41) is 20.4. The minimum Gasteiger partial charge on any atom is -0.508 e. The van der Waals surface area contributed by atoms with Crippen molar-refractivity contribution in [2.24, 2.45) is 5.92 Å². The van der Waals surface area contributed by atoms with Crippen LogP contribution < -0.4 is 9.47 Å². The molecular formula is C30H31ClFNO4. The van der Waals surface area contributed by atoms with Gasteiger partial charge in [0.15, 0.2) is 0 Å². The minimum atomic E-state index is -0.450. The Hall–Kier alpha value is -3.22. The van der Waals surface area contributed by atoms with Gasteiger partial charge in [0, 0.05) is 35.2 Å².